The summed E-state index contributed by atoms with van der Waals surface area (Å²) in [6.07, 6.45) is 0. The summed E-state index contributed by atoms with van der Waals surface area (Å²) >= 11 is 0. The fourth-order valence-corrected chi connectivity index (χ4v) is 1.10. The number of hydrogen-bond donors (Lipinski definition) is 0. The summed E-state index contributed by atoms with van der Waals surface area (Å²) in [7, 11) is 0. The first-order chi connectivity index (χ1) is 7.63. The van der Waals surface area contributed by atoms with Crippen molar-refractivity contribution in [3.05, 3.63) is 29.8 Å². The van der Waals surface area contributed by atoms with E-state index in [1.807, 2.05) is 0 Å². The van der Waals surface area contributed by atoms with E-state index >= 15 is 0 Å². The van der Waals surface area contributed by atoms with Gasteiger partial charge in [-0.25, -0.2) is 4.79 Å². The highest BCUT2D eigenvalue weighted by Crippen LogP contribution is 2.12. The molecule has 1 aromatic carbocycles. The lowest BCUT2D eigenvalue weighted by molar-refractivity contribution is -0.139. The maximum absolute atomic E-state index is 11.2. The predicted molar refractivity (Wildman–Crippen MR) is 58.6 cm³/mol. The lowest BCUT2D eigenvalue weighted by atomic mass is 10.1. The first-order valence-corrected chi connectivity index (χ1v) is 5.03. The minimum Gasteiger partial charge on any atom is -0.425 e. The van der Waals surface area contributed by atoms with Crippen LogP contribution in [0.15, 0.2) is 24.3 Å². The Morgan fingerprint density at radius 1 is 1.19 bits per heavy atom. The number of rotatable bonds is 5. The Kier molecular flexibility index (Phi) is 4.66. The molecule has 1 aromatic rings. The third-order valence-electron chi connectivity index (χ3n) is 1.92. The van der Waals surface area contributed by atoms with Crippen LogP contribution in [0.2, 0.25) is 0 Å². The molecule has 0 aliphatic heterocycles. The van der Waals surface area contributed by atoms with Gasteiger partial charge in [0, 0.05) is 12.2 Å². The van der Waals surface area contributed by atoms with Crippen LogP contribution in [0.3, 0.4) is 0 Å². The van der Waals surface area contributed by atoms with Gasteiger partial charge in [-0.15, -0.1) is 0 Å². The van der Waals surface area contributed by atoms with Crippen molar-refractivity contribution in [2.45, 2.75) is 13.8 Å². The lowest BCUT2D eigenvalue weighted by Gasteiger charge is -2.04. The lowest BCUT2D eigenvalue weighted by Crippen LogP contribution is -2.15. The second-order valence-electron chi connectivity index (χ2n) is 3.19. The van der Waals surface area contributed by atoms with Gasteiger partial charge in [0.25, 0.3) is 0 Å². The predicted octanol–water partition coefficient (Wildman–Crippen LogP) is 1.83. The molecule has 16 heavy (non-hydrogen) atoms. The Labute approximate surface area is 94.2 Å². The third kappa shape index (κ3) is 3.82. The van der Waals surface area contributed by atoms with Gasteiger partial charge in [0.2, 0.25) is 0 Å². The fourth-order valence-electron chi connectivity index (χ4n) is 1.10. The van der Waals surface area contributed by atoms with Crippen molar-refractivity contribution in [2.24, 2.45) is 0 Å². The maximum atomic E-state index is 11.2. The molecule has 0 unspecified atom stereocenters. The van der Waals surface area contributed by atoms with Crippen molar-refractivity contribution >= 4 is 11.8 Å². The van der Waals surface area contributed by atoms with Gasteiger partial charge < -0.3 is 9.47 Å². The van der Waals surface area contributed by atoms with Crippen LogP contribution in [0.4, 0.5) is 0 Å². The molecule has 0 radical (unpaired) electrons. The number of ether oxygens (including phenoxy) is 2. The normalized spacial score (nSPS) is 9.88. The molecule has 86 valence electrons. The van der Waals surface area contributed by atoms with Crippen LogP contribution in [0.5, 0.6) is 5.75 Å². The number of benzene rings is 1. The molecule has 0 aromatic heterocycles. The highest BCUT2D eigenvalue weighted by molar-refractivity contribution is 5.94. The zero-order valence-corrected chi connectivity index (χ0v) is 9.36. The SMILES string of the molecule is CCOCC(=O)Oc1ccc(C(C)=O)cc1. The van der Waals surface area contributed by atoms with E-state index in [1.54, 1.807) is 31.2 Å². The smallest absolute Gasteiger partial charge is 0.337 e. The van der Waals surface area contributed by atoms with Gasteiger partial charge in [0.15, 0.2) is 5.78 Å². The summed E-state index contributed by atoms with van der Waals surface area (Å²) in [4.78, 5) is 22.2. The topological polar surface area (TPSA) is 52.6 Å². The molecule has 0 fully saturated rings. The van der Waals surface area contributed by atoms with E-state index in [0.29, 0.717) is 17.9 Å². The summed E-state index contributed by atoms with van der Waals surface area (Å²) in [5, 5.41) is 0. The number of hydrogen-bond acceptors (Lipinski definition) is 4. The third-order valence-corrected chi connectivity index (χ3v) is 1.92. The molecule has 0 saturated heterocycles. The van der Waals surface area contributed by atoms with E-state index in [2.05, 4.69) is 0 Å². The van der Waals surface area contributed by atoms with Crippen molar-refractivity contribution in [3.8, 4) is 5.75 Å². The molecule has 0 heterocycles. The number of ketones is 1. The zero-order chi connectivity index (χ0) is 12.0. The van der Waals surface area contributed by atoms with Gasteiger partial charge in [0.05, 0.1) is 0 Å². The Balaban J connectivity index is 2.55. The van der Waals surface area contributed by atoms with Gasteiger partial charge in [-0.2, -0.15) is 0 Å². The minimum atomic E-state index is -0.447. The van der Waals surface area contributed by atoms with Crippen LogP contribution in [-0.2, 0) is 9.53 Å². The summed E-state index contributed by atoms with van der Waals surface area (Å²) in [5.41, 5.74) is 0.588. The fraction of sp³-hybridized carbons (Fsp3) is 0.333. The van der Waals surface area contributed by atoms with Crippen LogP contribution >= 0.6 is 0 Å². The highest BCUT2D eigenvalue weighted by atomic mass is 16.6. The van der Waals surface area contributed by atoms with Gasteiger partial charge in [-0.1, -0.05) is 0 Å². The van der Waals surface area contributed by atoms with E-state index in [0.717, 1.165) is 0 Å². The van der Waals surface area contributed by atoms with E-state index < -0.39 is 5.97 Å². The van der Waals surface area contributed by atoms with Gasteiger partial charge >= 0.3 is 5.97 Å². The molecule has 1 rings (SSSR count). The summed E-state index contributed by atoms with van der Waals surface area (Å²) in [6, 6.07) is 6.40. The number of carbonyl (C=O) groups excluding carboxylic acids is 2. The van der Waals surface area contributed by atoms with Gasteiger partial charge in [-0.05, 0) is 38.1 Å². The monoisotopic (exact) mass is 222 g/mol. The summed E-state index contributed by atoms with van der Waals surface area (Å²) < 4.78 is 9.88. The van der Waals surface area contributed by atoms with Gasteiger partial charge in [-0.3, -0.25) is 4.79 Å². The molecule has 0 amide bonds. The largest absolute Gasteiger partial charge is 0.425 e. The van der Waals surface area contributed by atoms with Crippen LogP contribution in [0.1, 0.15) is 24.2 Å². The number of Topliss-reactive ketones (excluding diaryl/α,β-unsaturated/α-hetero) is 1. The Morgan fingerprint density at radius 2 is 1.81 bits per heavy atom. The van der Waals surface area contributed by atoms with Crippen LogP contribution in [0, 0.1) is 0 Å². The zero-order valence-electron chi connectivity index (χ0n) is 9.36. The quantitative estimate of drug-likeness (QED) is 0.433. The van der Waals surface area contributed by atoms with Crippen LogP contribution in [0.25, 0.3) is 0 Å². The first-order valence-electron chi connectivity index (χ1n) is 5.03. The second kappa shape index (κ2) is 6.02. The van der Waals surface area contributed by atoms with Crippen molar-refractivity contribution in [1.82, 2.24) is 0 Å². The van der Waals surface area contributed by atoms with Crippen molar-refractivity contribution in [3.63, 3.8) is 0 Å². The van der Waals surface area contributed by atoms with Gasteiger partial charge in [0.1, 0.15) is 12.4 Å². The van der Waals surface area contributed by atoms with Crippen LogP contribution < -0.4 is 4.74 Å². The standard InChI is InChI=1S/C12H14O4/c1-3-15-8-12(14)16-11-6-4-10(5-7-11)9(2)13/h4-7H,3,8H2,1-2H3. The molecule has 0 bridgehead atoms. The number of carbonyl (C=O) groups is 2. The molecule has 0 aliphatic carbocycles. The molecule has 4 nitrogen and oxygen atoms in total. The van der Waals surface area contributed by atoms with Crippen molar-refractivity contribution in [2.75, 3.05) is 13.2 Å². The van der Waals surface area contributed by atoms with E-state index in [-0.39, 0.29) is 12.4 Å². The maximum Gasteiger partial charge on any atom is 0.337 e. The Morgan fingerprint density at radius 3 is 2.31 bits per heavy atom. The van der Waals surface area contributed by atoms with Crippen molar-refractivity contribution in [1.29, 1.82) is 0 Å². The molecule has 0 N–H and O–H groups in total. The summed E-state index contributed by atoms with van der Waals surface area (Å²) in [6.45, 7) is 3.69. The highest BCUT2D eigenvalue weighted by Gasteiger charge is 2.05. The van der Waals surface area contributed by atoms with Crippen LogP contribution in [-0.4, -0.2) is 25.0 Å². The number of esters is 1. The molecule has 0 atom stereocenters. The Bertz CT molecular complexity index is 367. The molecule has 0 aliphatic rings. The molecule has 4 heteroatoms. The first kappa shape index (κ1) is 12.4. The van der Waals surface area contributed by atoms with E-state index in [4.69, 9.17) is 9.47 Å². The molecular formula is C12H14O4. The van der Waals surface area contributed by atoms with E-state index in [9.17, 15) is 9.59 Å². The van der Waals surface area contributed by atoms with Crippen molar-refractivity contribution < 1.29 is 19.1 Å². The Hall–Kier alpha value is -1.68. The average Bonchev–Trinajstić information content (AvgIpc) is 2.27. The molecule has 0 saturated carbocycles. The van der Waals surface area contributed by atoms with E-state index in [1.165, 1.54) is 6.92 Å². The summed E-state index contributed by atoms with van der Waals surface area (Å²) in [5.74, 6) is -0.0562. The molecular weight excluding hydrogens is 208 g/mol. The average molecular weight is 222 g/mol. The minimum absolute atomic E-state index is 0.0211. The molecule has 0 spiro atoms. The second-order valence-corrected chi connectivity index (χ2v) is 3.19.